The van der Waals surface area contributed by atoms with Gasteiger partial charge in [-0.3, -0.25) is 4.90 Å². The number of aromatic nitrogens is 3. The van der Waals surface area contributed by atoms with Gasteiger partial charge in [-0.25, -0.2) is 15.0 Å². The fourth-order valence-electron chi connectivity index (χ4n) is 2.91. The van der Waals surface area contributed by atoms with Crippen LogP contribution in [0.25, 0.3) is 33.7 Å². The van der Waals surface area contributed by atoms with E-state index in [2.05, 4.69) is 29.0 Å². The second-order valence-corrected chi connectivity index (χ2v) is 6.76. The smallest absolute Gasteiger partial charge is 0.178 e. The number of hydrogen-bond donors (Lipinski definition) is 0. The number of hydrogen-bond acceptors (Lipinski definition) is 4. The Hall–Kier alpha value is -3.55. The molecule has 0 aliphatic rings. The first-order valence-corrected chi connectivity index (χ1v) is 9.13. The summed E-state index contributed by atoms with van der Waals surface area (Å²) in [6.45, 7) is 0.700. The average molecular weight is 364 g/mol. The Balaban J connectivity index is 1.87. The van der Waals surface area contributed by atoms with Gasteiger partial charge < -0.3 is 0 Å². The first-order valence-electron chi connectivity index (χ1n) is 9.13. The Morgan fingerprint density at radius 2 is 1.43 bits per heavy atom. The lowest BCUT2D eigenvalue weighted by atomic mass is 10.0. The van der Waals surface area contributed by atoms with Gasteiger partial charge in [0.15, 0.2) is 5.65 Å². The summed E-state index contributed by atoms with van der Waals surface area (Å²) in [5.41, 5.74) is 5.94. The maximum absolute atomic E-state index is 4.92. The van der Waals surface area contributed by atoms with Gasteiger partial charge >= 0.3 is 0 Å². The molecule has 0 saturated heterocycles. The molecule has 0 atom stereocenters. The molecule has 0 N–H and O–H groups in total. The van der Waals surface area contributed by atoms with Crippen molar-refractivity contribution in [2.75, 3.05) is 20.6 Å². The Morgan fingerprint density at radius 3 is 2.04 bits per heavy atom. The van der Waals surface area contributed by atoms with Gasteiger partial charge in [0.1, 0.15) is 5.52 Å². The minimum Gasteiger partial charge on any atom is -0.299 e. The molecular weight excluding hydrogens is 344 g/mol. The van der Waals surface area contributed by atoms with Crippen molar-refractivity contribution in [2.45, 2.75) is 0 Å². The predicted molar refractivity (Wildman–Crippen MR) is 114 cm³/mol. The van der Waals surface area contributed by atoms with Crippen LogP contribution in [0.3, 0.4) is 0 Å². The number of benzene rings is 2. The van der Waals surface area contributed by atoms with E-state index in [1.54, 1.807) is 6.20 Å². The Labute approximate surface area is 164 Å². The van der Waals surface area contributed by atoms with Crippen LogP contribution in [0.15, 0.2) is 72.9 Å². The highest BCUT2D eigenvalue weighted by molar-refractivity contribution is 5.84. The van der Waals surface area contributed by atoms with E-state index in [1.165, 1.54) is 0 Å². The molecule has 4 rings (SSSR count). The number of pyridine rings is 1. The molecule has 28 heavy (non-hydrogen) atoms. The van der Waals surface area contributed by atoms with Crippen LogP contribution in [0.2, 0.25) is 0 Å². The first-order chi connectivity index (χ1) is 13.7. The van der Waals surface area contributed by atoms with E-state index in [4.69, 9.17) is 9.97 Å². The molecular formula is C24H20N4. The van der Waals surface area contributed by atoms with Gasteiger partial charge in [0.2, 0.25) is 0 Å². The fourth-order valence-corrected chi connectivity index (χ4v) is 2.91. The van der Waals surface area contributed by atoms with Gasteiger partial charge in [0, 0.05) is 22.9 Å². The van der Waals surface area contributed by atoms with Crippen molar-refractivity contribution in [1.82, 2.24) is 19.9 Å². The van der Waals surface area contributed by atoms with Crippen molar-refractivity contribution in [3.8, 4) is 34.4 Å². The van der Waals surface area contributed by atoms with Gasteiger partial charge in [-0.2, -0.15) is 0 Å². The highest BCUT2D eigenvalue weighted by atomic mass is 15.0. The van der Waals surface area contributed by atoms with E-state index >= 15 is 0 Å². The third-order valence-electron chi connectivity index (χ3n) is 4.24. The van der Waals surface area contributed by atoms with Gasteiger partial charge in [-0.15, -0.1) is 0 Å². The van der Waals surface area contributed by atoms with Crippen LogP contribution in [0, 0.1) is 11.8 Å². The summed E-state index contributed by atoms with van der Waals surface area (Å²) in [5.74, 6) is 6.29. The molecule has 0 saturated carbocycles. The summed E-state index contributed by atoms with van der Waals surface area (Å²) in [6.07, 6.45) is 1.76. The van der Waals surface area contributed by atoms with Crippen LogP contribution in [-0.2, 0) is 0 Å². The normalized spacial score (nSPS) is 10.7. The Bertz CT molecular complexity index is 1160. The van der Waals surface area contributed by atoms with Gasteiger partial charge in [-0.1, -0.05) is 72.5 Å². The molecule has 0 unspecified atom stereocenters. The molecule has 4 heteroatoms. The first kappa shape index (κ1) is 17.8. The van der Waals surface area contributed by atoms with E-state index in [0.717, 1.165) is 33.6 Å². The number of rotatable bonds is 3. The number of fused-ring (bicyclic) bond motifs is 1. The summed E-state index contributed by atoms with van der Waals surface area (Å²) < 4.78 is 0. The molecule has 4 nitrogen and oxygen atoms in total. The van der Waals surface area contributed by atoms with Crippen molar-refractivity contribution in [3.63, 3.8) is 0 Å². The standard InChI is InChI=1S/C24H20N4/c1-28(2)15-9-10-18-16-21-24(25-17-18)27-23(20-13-7-4-8-14-20)22(26-21)19-11-5-3-6-12-19/h3-8,11-14,16-17H,15H2,1-2H3. The lowest BCUT2D eigenvalue weighted by molar-refractivity contribution is 0.464. The molecule has 4 aromatic rings. The zero-order chi connectivity index (χ0) is 19.3. The summed E-state index contributed by atoms with van der Waals surface area (Å²) in [5, 5.41) is 0. The molecule has 2 heterocycles. The van der Waals surface area contributed by atoms with E-state index in [-0.39, 0.29) is 0 Å². The molecule has 136 valence electrons. The van der Waals surface area contributed by atoms with E-state index in [0.29, 0.717) is 12.2 Å². The molecule has 0 aliphatic heterocycles. The van der Waals surface area contributed by atoms with Crippen LogP contribution < -0.4 is 0 Å². The topological polar surface area (TPSA) is 41.9 Å². The second kappa shape index (κ2) is 7.99. The summed E-state index contributed by atoms with van der Waals surface area (Å²) in [4.78, 5) is 16.3. The highest BCUT2D eigenvalue weighted by Gasteiger charge is 2.13. The summed E-state index contributed by atoms with van der Waals surface area (Å²) >= 11 is 0. The zero-order valence-electron chi connectivity index (χ0n) is 15.9. The summed E-state index contributed by atoms with van der Waals surface area (Å²) in [7, 11) is 3.99. The summed E-state index contributed by atoms with van der Waals surface area (Å²) in [6, 6.07) is 22.2. The van der Waals surface area contributed by atoms with Crippen LogP contribution >= 0.6 is 0 Å². The maximum Gasteiger partial charge on any atom is 0.178 e. The minimum absolute atomic E-state index is 0.622. The van der Waals surface area contributed by atoms with Crippen molar-refractivity contribution >= 4 is 11.2 Å². The SMILES string of the molecule is CN(C)CC#Cc1cnc2nc(-c3ccccc3)c(-c3ccccc3)nc2c1. The molecule has 0 radical (unpaired) electrons. The molecule has 2 aromatic heterocycles. The molecule has 0 spiro atoms. The van der Waals surface area contributed by atoms with Crippen molar-refractivity contribution in [2.24, 2.45) is 0 Å². The van der Waals surface area contributed by atoms with E-state index < -0.39 is 0 Å². The number of nitrogens with zero attached hydrogens (tertiary/aromatic N) is 4. The van der Waals surface area contributed by atoms with E-state index in [1.807, 2.05) is 73.6 Å². The average Bonchev–Trinajstić information content (AvgIpc) is 2.74. The monoisotopic (exact) mass is 364 g/mol. The lowest BCUT2D eigenvalue weighted by Crippen LogP contribution is -2.10. The van der Waals surface area contributed by atoms with Crippen molar-refractivity contribution in [3.05, 3.63) is 78.5 Å². The fraction of sp³-hybridized carbons (Fsp3) is 0.125. The van der Waals surface area contributed by atoms with Gasteiger partial charge in [0.05, 0.1) is 17.9 Å². The molecule has 0 amide bonds. The van der Waals surface area contributed by atoms with Gasteiger partial charge in [0.25, 0.3) is 0 Å². The molecule has 0 bridgehead atoms. The molecule has 2 aromatic carbocycles. The molecule has 0 aliphatic carbocycles. The largest absolute Gasteiger partial charge is 0.299 e. The minimum atomic E-state index is 0.622. The van der Waals surface area contributed by atoms with Gasteiger partial charge in [-0.05, 0) is 20.2 Å². The maximum atomic E-state index is 4.92. The molecule has 0 fully saturated rings. The highest BCUT2D eigenvalue weighted by Crippen LogP contribution is 2.30. The van der Waals surface area contributed by atoms with Crippen molar-refractivity contribution < 1.29 is 0 Å². The second-order valence-electron chi connectivity index (χ2n) is 6.76. The van der Waals surface area contributed by atoms with Crippen LogP contribution in [0.1, 0.15) is 5.56 Å². The van der Waals surface area contributed by atoms with Crippen molar-refractivity contribution in [1.29, 1.82) is 0 Å². The quantitative estimate of drug-likeness (QED) is 0.509. The van der Waals surface area contributed by atoms with Crippen LogP contribution in [0.5, 0.6) is 0 Å². The van der Waals surface area contributed by atoms with Crippen LogP contribution in [0.4, 0.5) is 0 Å². The predicted octanol–water partition coefficient (Wildman–Crippen LogP) is 4.27. The Kier molecular flexibility index (Phi) is 5.09. The third kappa shape index (κ3) is 3.90. The zero-order valence-corrected chi connectivity index (χ0v) is 15.9. The third-order valence-corrected chi connectivity index (χ3v) is 4.24. The van der Waals surface area contributed by atoms with Crippen LogP contribution in [-0.4, -0.2) is 40.5 Å². The Morgan fingerprint density at radius 1 is 0.821 bits per heavy atom. The van der Waals surface area contributed by atoms with E-state index in [9.17, 15) is 0 Å². The lowest BCUT2D eigenvalue weighted by Gasteiger charge is -2.10.